The summed E-state index contributed by atoms with van der Waals surface area (Å²) in [5, 5.41) is 5.32. The number of carbonyl (C=O) groups is 2. The van der Waals surface area contributed by atoms with E-state index in [-0.39, 0.29) is 24.4 Å². The maximum Gasteiger partial charge on any atom is 0.315 e. The van der Waals surface area contributed by atoms with Crippen molar-refractivity contribution in [2.45, 2.75) is 33.2 Å². The van der Waals surface area contributed by atoms with Crippen LogP contribution in [0.15, 0.2) is 0 Å². The van der Waals surface area contributed by atoms with Gasteiger partial charge in [-0.2, -0.15) is 0 Å². The molecule has 1 unspecified atom stereocenters. The molecule has 2 N–H and O–H groups in total. The normalized spacial score (nSPS) is 20.6. The largest absolute Gasteiger partial charge is 0.379 e. The fourth-order valence-electron chi connectivity index (χ4n) is 1.31. The summed E-state index contributed by atoms with van der Waals surface area (Å²) in [4.78, 5) is 22.9. The number of amides is 2. The van der Waals surface area contributed by atoms with Crippen LogP contribution in [0, 0.1) is 5.41 Å². The molecule has 1 heterocycles. The van der Waals surface area contributed by atoms with Gasteiger partial charge in [0.1, 0.15) is 0 Å². The number of hydrogen-bond donors (Lipinski definition) is 2. The van der Waals surface area contributed by atoms with Gasteiger partial charge in [-0.05, 0) is 6.42 Å². The highest BCUT2D eigenvalue weighted by atomic mass is 16.5. The topological polar surface area (TPSA) is 67.4 Å². The van der Waals surface area contributed by atoms with E-state index < -0.39 is 5.41 Å². The van der Waals surface area contributed by atoms with Crippen molar-refractivity contribution >= 4 is 11.8 Å². The number of carbonyl (C=O) groups excluding carboxylic acids is 2. The van der Waals surface area contributed by atoms with Gasteiger partial charge < -0.3 is 15.4 Å². The van der Waals surface area contributed by atoms with Crippen LogP contribution in [0.25, 0.3) is 0 Å². The van der Waals surface area contributed by atoms with Crippen LogP contribution in [0.1, 0.15) is 27.2 Å². The molecule has 5 heteroatoms. The Hall–Kier alpha value is -1.10. The molecule has 0 spiro atoms. The fraction of sp³-hybridized carbons (Fsp3) is 0.818. The molecule has 0 radical (unpaired) electrons. The van der Waals surface area contributed by atoms with E-state index >= 15 is 0 Å². The van der Waals surface area contributed by atoms with Crippen molar-refractivity contribution in [3.63, 3.8) is 0 Å². The number of ketones is 1. The van der Waals surface area contributed by atoms with Gasteiger partial charge in [0.05, 0.1) is 19.2 Å². The van der Waals surface area contributed by atoms with Crippen LogP contribution in [-0.4, -0.2) is 37.6 Å². The molecule has 0 bridgehead atoms. The van der Waals surface area contributed by atoms with E-state index in [1.54, 1.807) is 0 Å². The van der Waals surface area contributed by atoms with E-state index in [1.807, 2.05) is 20.8 Å². The monoisotopic (exact) mass is 228 g/mol. The van der Waals surface area contributed by atoms with E-state index in [2.05, 4.69) is 10.6 Å². The molecule has 0 aliphatic carbocycles. The van der Waals surface area contributed by atoms with Gasteiger partial charge in [0.2, 0.25) is 0 Å². The summed E-state index contributed by atoms with van der Waals surface area (Å²) in [6, 6.07) is -0.224. The highest BCUT2D eigenvalue weighted by Gasteiger charge is 2.22. The summed E-state index contributed by atoms with van der Waals surface area (Å²) >= 11 is 0. The Morgan fingerprint density at radius 1 is 1.38 bits per heavy atom. The van der Waals surface area contributed by atoms with Gasteiger partial charge in [-0.25, -0.2) is 4.79 Å². The predicted octanol–water partition coefficient (Wildman–Crippen LogP) is 0.690. The smallest absolute Gasteiger partial charge is 0.315 e. The van der Waals surface area contributed by atoms with E-state index in [0.29, 0.717) is 13.2 Å². The Morgan fingerprint density at radius 2 is 2.06 bits per heavy atom. The lowest BCUT2D eigenvalue weighted by molar-refractivity contribution is -0.125. The minimum Gasteiger partial charge on any atom is -0.379 e. The maximum absolute atomic E-state index is 11.5. The Morgan fingerprint density at radius 3 is 2.56 bits per heavy atom. The van der Waals surface area contributed by atoms with Crippen molar-refractivity contribution in [3.05, 3.63) is 0 Å². The molecule has 1 fully saturated rings. The maximum atomic E-state index is 11.5. The van der Waals surface area contributed by atoms with Crippen LogP contribution in [0.5, 0.6) is 0 Å². The zero-order chi connectivity index (χ0) is 12.2. The lowest BCUT2D eigenvalue weighted by Crippen LogP contribution is -2.45. The van der Waals surface area contributed by atoms with E-state index in [1.165, 1.54) is 0 Å². The standard InChI is InChI=1S/C11H20N2O3/c1-11(2,3)9(14)6-12-10(15)13-8-4-5-16-7-8/h8H,4-7H2,1-3H3,(H2,12,13,15). The average Bonchev–Trinajstić information content (AvgIpc) is 2.65. The van der Waals surface area contributed by atoms with E-state index in [9.17, 15) is 9.59 Å². The first-order chi connectivity index (χ1) is 7.39. The van der Waals surface area contributed by atoms with Gasteiger partial charge in [-0.15, -0.1) is 0 Å². The molecule has 5 nitrogen and oxygen atoms in total. The Balaban J connectivity index is 2.22. The molecule has 0 saturated carbocycles. The number of rotatable bonds is 3. The molecule has 0 aromatic heterocycles. The number of ether oxygens (including phenoxy) is 1. The van der Waals surface area contributed by atoms with Gasteiger partial charge in [0.25, 0.3) is 0 Å². The molecule has 1 aliphatic rings. The number of urea groups is 1. The molecule has 0 aromatic carbocycles. The summed E-state index contributed by atoms with van der Waals surface area (Å²) in [5.74, 6) is 0.0188. The first-order valence-corrected chi connectivity index (χ1v) is 5.55. The fourth-order valence-corrected chi connectivity index (χ4v) is 1.31. The summed E-state index contributed by atoms with van der Waals surface area (Å²) in [6.45, 7) is 6.81. The molecule has 1 atom stereocenters. The second kappa shape index (κ2) is 5.30. The van der Waals surface area contributed by atoms with Gasteiger partial charge in [-0.3, -0.25) is 4.79 Å². The number of hydrogen-bond acceptors (Lipinski definition) is 3. The second-order valence-corrected chi connectivity index (χ2v) is 5.06. The quantitative estimate of drug-likeness (QED) is 0.746. The molecule has 16 heavy (non-hydrogen) atoms. The van der Waals surface area contributed by atoms with Crippen LogP contribution in [0.4, 0.5) is 4.79 Å². The van der Waals surface area contributed by atoms with E-state index in [0.717, 1.165) is 6.42 Å². The molecule has 92 valence electrons. The van der Waals surface area contributed by atoms with Crippen LogP contribution in [0.2, 0.25) is 0 Å². The Labute approximate surface area is 95.9 Å². The summed E-state index contributed by atoms with van der Waals surface area (Å²) in [5.41, 5.74) is -0.413. The third-order valence-corrected chi connectivity index (χ3v) is 2.51. The second-order valence-electron chi connectivity index (χ2n) is 5.06. The number of nitrogens with one attached hydrogen (secondary N) is 2. The van der Waals surface area contributed by atoms with Crippen molar-refractivity contribution in [2.24, 2.45) is 5.41 Å². The minimum atomic E-state index is -0.413. The zero-order valence-electron chi connectivity index (χ0n) is 10.1. The summed E-state index contributed by atoms with van der Waals surface area (Å²) < 4.78 is 5.13. The molecule has 1 saturated heterocycles. The Kier molecular flexibility index (Phi) is 4.29. The van der Waals surface area contributed by atoms with Crippen molar-refractivity contribution in [3.8, 4) is 0 Å². The first kappa shape index (κ1) is 13.0. The number of Topliss-reactive ketones (excluding diaryl/α,β-unsaturated/α-hetero) is 1. The Bertz CT molecular complexity index is 265. The van der Waals surface area contributed by atoms with Crippen molar-refractivity contribution in [2.75, 3.05) is 19.8 Å². The third-order valence-electron chi connectivity index (χ3n) is 2.51. The van der Waals surface area contributed by atoms with Gasteiger partial charge >= 0.3 is 6.03 Å². The summed E-state index contributed by atoms with van der Waals surface area (Å²) in [6.07, 6.45) is 0.834. The summed E-state index contributed by atoms with van der Waals surface area (Å²) in [7, 11) is 0. The van der Waals surface area contributed by atoms with Crippen LogP contribution in [-0.2, 0) is 9.53 Å². The highest BCUT2D eigenvalue weighted by molar-refractivity contribution is 5.88. The molecular weight excluding hydrogens is 208 g/mol. The molecule has 2 amide bonds. The minimum absolute atomic E-state index is 0.0188. The van der Waals surface area contributed by atoms with Gasteiger partial charge in [0, 0.05) is 12.0 Å². The first-order valence-electron chi connectivity index (χ1n) is 5.55. The molecular formula is C11H20N2O3. The third kappa shape index (κ3) is 4.18. The van der Waals surface area contributed by atoms with Crippen molar-refractivity contribution in [1.29, 1.82) is 0 Å². The lowest BCUT2D eigenvalue weighted by atomic mass is 9.91. The van der Waals surface area contributed by atoms with Crippen LogP contribution < -0.4 is 10.6 Å². The van der Waals surface area contributed by atoms with E-state index in [4.69, 9.17) is 4.74 Å². The molecule has 1 aliphatic heterocycles. The SMILES string of the molecule is CC(C)(C)C(=O)CNC(=O)NC1CCOC1. The van der Waals surface area contributed by atoms with Gasteiger partial charge in [-0.1, -0.05) is 20.8 Å². The van der Waals surface area contributed by atoms with Crippen LogP contribution in [0.3, 0.4) is 0 Å². The predicted molar refractivity (Wildman–Crippen MR) is 60.2 cm³/mol. The van der Waals surface area contributed by atoms with Crippen molar-refractivity contribution < 1.29 is 14.3 Å². The lowest BCUT2D eigenvalue weighted by Gasteiger charge is -2.17. The van der Waals surface area contributed by atoms with Crippen molar-refractivity contribution in [1.82, 2.24) is 10.6 Å². The zero-order valence-corrected chi connectivity index (χ0v) is 10.1. The average molecular weight is 228 g/mol. The van der Waals surface area contributed by atoms with Gasteiger partial charge in [0.15, 0.2) is 5.78 Å². The highest BCUT2D eigenvalue weighted by Crippen LogP contribution is 2.13. The molecule has 1 rings (SSSR count). The van der Waals surface area contributed by atoms with Crippen LogP contribution >= 0.6 is 0 Å². The molecule has 0 aromatic rings.